The van der Waals surface area contributed by atoms with E-state index in [0.29, 0.717) is 6.54 Å². The Bertz CT molecular complexity index is 567. The lowest BCUT2D eigenvalue weighted by molar-refractivity contribution is 0.317. The zero-order valence-corrected chi connectivity index (χ0v) is 11.6. The van der Waals surface area contributed by atoms with Gasteiger partial charge in [-0.3, -0.25) is 4.90 Å². The number of aryl methyl sites for hydroxylation is 1. The third kappa shape index (κ3) is 2.51. The molecular weight excluding hydrogens is 236 g/mol. The average Bonchev–Trinajstić information content (AvgIpc) is 2.99. The van der Waals surface area contributed by atoms with Crippen LogP contribution in [0.5, 0.6) is 0 Å². The minimum Gasteiger partial charge on any atom is -0.329 e. The molecule has 0 unspecified atom stereocenters. The van der Waals surface area contributed by atoms with E-state index in [9.17, 15) is 0 Å². The lowest BCUT2D eigenvalue weighted by Gasteiger charge is -2.15. The van der Waals surface area contributed by atoms with Crippen LogP contribution in [0.15, 0.2) is 18.2 Å². The van der Waals surface area contributed by atoms with Gasteiger partial charge in [-0.05, 0) is 50.6 Å². The first-order chi connectivity index (χ1) is 9.28. The van der Waals surface area contributed by atoms with Crippen LogP contribution in [0.2, 0.25) is 0 Å². The molecule has 2 heterocycles. The van der Waals surface area contributed by atoms with Crippen molar-refractivity contribution in [3.05, 3.63) is 29.6 Å². The molecule has 0 spiro atoms. The number of imidazole rings is 1. The van der Waals surface area contributed by atoms with Gasteiger partial charge in [0.05, 0.1) is 17.6 Å². The monoisotopic (exact) mass is 258 g/mol. The Kier molecular flexibility index (Phi) is 3.53. The number of rotatable bonds is 4. The van der Waals surface area contributed by atoms with Crippen molar-refractivity contribution in [3.63, 3.8) is 0 Å². The standard InChI is InChI=1S/C15H22N4/c1-12-4-5-14-13(10-12)17-15(19(14)9-6-16)11-18-7-2-3-8-18/h4-5,10H,2-3,6-9,11,16H2,1H3. The van der Waals surface area contributed by atoms with Crippen LogP contribution in [0.4, 0.5) is 0 Å². The van der Waals surface area contributed by atoms with E-state index >= 15 is 0 Å². The second kappa shape index (κ2) is 5.31. The normalized spacial score (nSPS) is 16.5. The van der Waals surface area contributed by atoms with Gasteiger partial charge in [-0.25, -0.2) is 4.98 Å². The summed E-state index contributed by atoms with van der Waals surface area (Å²) in [5, 5.41) is 0. The second-order valence-corrected chi connectivity index (χ2v) is 5.44. The second-order valence-electron chi connectivity index (χ2n) is 5.44. The number of fused-ring (bicyclic) bond motifs is 1. The maximum atomic E-state index is 5.76. The van der Waals surface area contributed by atoms with Gasteiger partial charge in [0, 0.05) is 13.1 Å². The number of hydrogen-bond acceptors (Lipinski definition) is 3. The van der Waals surface area contributed by atoms with Gasteiger partial charge in [-0.15, -0.1) is 0 Å². The summed E-state index contributed by atoms with van der Waals surface area (Å²) in [5.74, 6) is 1.16. The van der Waals surface area contributed by atoms with Gasteiger partial charge < -0.3 is 10.3 Å². The van der Waals surface area contributed by atoms with E-state index < -0.39 is 0 Å². The molecule has 0 radical (unpaired) electrons. The minimum atomic E-state index is 0.659. The van der Waals surface area contributed by atoms with Crippen LogP contribution in [-0.2, 0) is 13.1 Å². The summed E-state index contributed by atoms with van der Waals surface area (Å²) in [4.78, 5) is 7.31. The van der Waals surface area contributed by atoms with E-state index in [2.05, 4.69) is 34.6 Å². The number of hydrogen-bond donors (Lipinski definition) is 1. The van der Waals surface area contributed by atoms with E-state index in [4.69, 9.17) is 10.7 Å². The van der Waals surface area contributed by atoms with Crippen LogP contribution < -0.4 is 5.73 Å². The van der Waals surface area contributed by atoms with Crippen molar-refractivity contribution in [3.8, 4) is 0 Å². The largest absolute Gasteiger partial charge is 0.329 e. The number of nitrogens with two attached hydrogens (primary N) is 1. The Morgan fingerprint density at radius 1 is 1.26 bits per heavy atom. The zero-order chi connectivity index (χ0) is 13.2. The molecule has 1 aliphatic heterocycles. The minimum absolute atomic E-state index is 0.659. The maximum absolute atomic E-state index is 5.76. The SMILES string of the molecule is Cc1ccc2c(c1)nc(CN1CCCC1)n2CCN. The first-order valence-electron chi connectivity index (χ1n) is 7.16. The number of benzene rings is 1. The Hall–Kier alpha value is -1.39. The lowest BCUT2D eigenvalue weighted by atomic mass is 10.2. The summed E-state index contributed by atoms with van der Waals surface area (Å²) in [5.41, 5.74) is 9.33. The fourth-order valence-electron chi connectivity index (χ4n) is 2.93. The molecule has 1 fully saturated rings. The molecule has 0 saturated carbocycles. The molecule has 1 aromatic heterocycles. The smallest absolute Gasteiger partial charge is 0.124 e. The fourth-order valence-corrected chi connectivity index (χ4v) is 2.93. The molecule has 0 bridgehead atoms. The third-order valence-electron chi connectivity index (χ3n) is 3.90. The Morgan fingerprint density at radius 2 is 2.05 bits per heavy atom. The number of aromatic nitrogens is 2. The summed E-state index contributed by atoms with van der Waals surface area (Å²) in [6, 6.07) is 6.48. The van der Waals surface area contributed by atoms with Crippen LogP contribution in [-0.4, -0.2) is 34.1 Å². The van der Waals surface area contributed by atoms with Gasteiger partial charge in [0.15, 0.2) is 0 Å². The predicted octanol–water partition coefficient (Wildman–Crippen LogP) is 1.90. The highest BCUT2D eigenvalue weighted by Crippen LogP contribution is 2.20. The third-order valence-corrected chi connectivity index (χ3v) is 3.90. The summed E-state index contributed by atoms with van der Waals surface area (Å²) in [6.45, 7) is 6.97. The number of nitrogens with zero attached hydrogens (tertiary/aromatic N) is 3. The highest BCUT2D eigenvalue weighted by molar-refractivity contribution is 5.76. The molecule has 0 atom stereocenters. The molecule has 4 heteroatoms. The molecule has 0 aliphatic carbocycles. The molecular formula is C15H22N4. The van der Waals surface area contributed by atoms with Gasteiger partial charge in [0.25, 0.3) is 0 Å². The molecule has 2 N–H and O–H groups in total. The first-order valence-corrected chi connectivity index (χ1v) is 7.16. The average molecular weight is 258 g/mol. The quantitative estimate of drug-likeness (QED) is 0.911. The summed E-state index contributed by atoms with van der Waals surface area (Å²) >= 11 is 0. The van der Waals surface area contributed by atoms with Crippen molar-refractivity contribution in [2.75, 3.05) is 19.6 Å². The van der Waals surface area contributed by atoms with Crippen molar-refractivity contribution in [1.29, 1.82) is 0 Å². The van der Waals surface area contributed by atoms with Crippen LogP contribution in [0.1, 0.15) is 24.2 Å². The topological polar surface area (TPSA) is 47.1 Å². The Morgan fingerprint density at radius 3 is 2.79 bits per heavy atom. The lowest BCUT2D eigenvalue weighted by Crippen LogP contribution is -2.22. The van der Waals surface area contributed by atoms with Crippen molar-refractivity contribution in [2.24, 2.45) is 5.73 Å². The zero-order valence-electron chi connectivity index (χ0n) is 11.6. The molecule has 0 amide bonds. The first kappa shape index (κ1) is 12.6. The highest BCUT2D eigenvalue weighted by atomic mass is 15.2. The van der Waals surface area contributed by atoms with Crippen LogP contribution in [0.25, 0.3) is 11.0 Å². The molecule has 4 nitrogen and oxygen atoms in total. The summed E-state index contributed by atoms with van der Waals surface area (Å²) in [7, 11) is 0. The van der Waals surface area contributed by atoms with E-state index in [1.54, 1.807) is 0 Å². The molecule has 19 heavy (non-hydrogen) atoms. The molecule has 102 valence electrons. The van der Waals surface area contributed by atoms with Crippen LogP contribution in [0.3, 0.4) is 0 Å². The van der Waals surface area contributed by atoms with Gasteiger partial charge in [-0.1, -0.05) is 6.07 Å². The number of likely N-dealkylation sites (tertiary alicyclic amines) is 1. The van der Waals surface area contributed by atoms with Gasteiger partial charge in [0.2, 0.25) is 0 Å². The molecule has 1 aliphatic rings. The van der Waals surface area contributed by atoms with E-state index in [1.165, 1.54) is 37.0 Å². The Labute approximate surface area is 114 Å². The molecule has 3 rings (SSSR count). The molecule has 1 saturated heterocycles. The fraction of sp³-hybridized carbons (Fsp3) is 0.533. The van der Waals surface area contributed by atoms with Crippen molar-refractivity contribution >= 4 is 11.0 Å². The van der Waals surface area contributed by atoms with Crippen molar-refractivity contribution < 1.29 is 0 Å². The highest BCUT2D eigenvalue weighted by Gasteiger charge is 2.16. The maximum Gasteiger partial charge on any atom is 0.124 e. The van der Waals surface area contributed by atoms with Crippen LogP contribution in [0, 0.1) is 6.92 Å². The predicted molar refractivity (Wildman–Crippen MR) is 78.0 cm³/mol. The van der Waals surface area contributed by atoms with Crippen LogP contribution >= 0.6 is 0 Å². The summed E-state index contributed by atoms with van der Waals surface area (Å²) < 4.78 is 2.28. The van der Waals surface area contributed by atoms with E-state index in [1.807, 2.05) is 0 Å². The Balaban J connectivity index is 1.98. The van der Waals surface area contributed by atoms with E-state index in [0.717, 1.165) is 24.4 Å². The van der Waals surface area contributed by atoms with Gasteiger partial charge >= 0.3 is 0 Å². The van der Waals surface area contributed by atoms with Crippen molar-refractivity contribution in [2.45, 2.75) is 32.9 Å². The van der Waals surface area contributed by atoms with Crippen molar-refractivity contribution in [1.82, 2.24) is 14.5 Å². The molecule has 1 aromatic carbocycles. The van der Waals surface area contributed by atoms with E-state index in [-0.39, 0.29) is 0 Å². The van der Waals surface area contributed by atoms with Gasteiger partial charge in [0.1, 0.15) is 5.82 Å². The molecule has 2 aromatic rings. The summed E-state index contributed by atoms with van der Waals surface area (Å²) in [6.07, 6.45) is 2.63. The van der Waals surface area contributed by atoms with Gasteiger partial charge in [-0.2, -0.15) is 0 Å².